The fourth-order valence-corrected chi connectivity index (χ4v) is 3.75. The highest BCUT2D eigenvalue weighted by molar-refractivity contribution is 5.30. The maximum Gasteiger partial charge on any atom is 0.119 e. The molecule has 1 aromatic rings. The number of benzene rings is 1. The van der Waals surface area contributed by atoms with Gasteiger partial charge in [-0.15, -0.1) is 0 Å². The van der Waals surface area contributed by atoms with Crippen molar-refractivity contribution in [3.63, 3.8) is 0 Å². The minimum Gasteiger partial charge on any atom is -0.494 e. The number of rotatable bonds is 6. The molecule has 1 N–H and O–H groups in total. The minimum atomic E-state index is 0.536. The lowest BCUT2D eigenvalue weighted by Gasteiger charge is -2.26. The molecule has 2 heteroatoms. The summed E-state index contributed by atoms with van der Waals surface area (Å²) in [6.07, 6.45) is 4.35. The van der Waals surface area contributed by atoms with Gasteiger partial charge in [0, 0.05) is 6.04 Å². The average molecular weight is 259 g/mol. The summed E-state index contributed by atoms with van der Waals surface area (Å²) in [6.45, 7) is 6.02. The van der Waals surface area contributed by atoms with Crippen LogP contribution in [-0.2, 0) is 0 Å². The Bertz CT molecular complexity index is 404. The SMILES string of the molecule is CCNC(c1ccc(OCC)cc1)C1CC2CC2C1. The van der Waals surface area contributed by atoms with Gasteiger partial charge >= 0.3 is 0 Å². The average Bonchev–Trinajstić information content (AvgIpc) is 3.04. The van der Waals surface area contributed by atoms with Gasteiger partial charge in [0.25, 0.3) is 0 Å². The summed E-state index contributed by atoms with van der Waals surface area (Å²) in [5, 5.41) is 3.69. The van der Waals surface area contributed by atoms with E-state index in [1.165, 1.54) is 24.8 Å². The van der Waals surface area contributed by atoms with Gasteiger partial charge in [-0.3, -0.25) is 0 Å². The molecule has 2 aliphatic carbocycles. The van der Waals surface area contributed by atoms with Crippen molar-refractivity contribution in [2.45, 2.75) is 39.2 Å². The summed E-state index contributed by atoms with van der Waals surface area (Å²) in [7, 11) is 0. The summed E-state index contributed by atoms with van der Waals surface area (Å²) in [6, 6.07) is 9.23. The molecule has 3 rings (SSSR count). The fraction of sp³-hybridized carbons (Fsp3) is 0.647. The van der Waals surface area contributed by atoms with Crippen molar-refractivity contribution in [2.24, 2.45) is 17.8 Å². The number of ether oxygens (including phenoxy) is 1. The molecule has 3 unspecified atom stereocenters. The van der Waals surface area contributed by atoms with E-state index >= 15 is 0 Å². The van der Waals surface area contributed by atoms with Crippen molar-refractivity contribution in [2.75, 3.05) is 13.2 Å². The number of nitrogens with one attached hydrogen (secondary N) is 1. The van der Waals surface area contributed by atoms with E-state index < -0.39 is 0 Å². The Balaban J connectivity index is 1.71. The van der Waals surface area contributed by atoms with Gasteiger partial charge in [0.1, 0.15) is 5.75 Å². The standard InChI is InChI=1S/C17H25NO/c1-3-18-17(15-10-13-9-14(13)11-15)12-5-7-16(8-6-12)19-4-2/h5-8,13-15,17-18H,3-4,9-11H2,1-2H3. The van der Waals surface area contributed by atoms with Crippen LogP contribution in [0.2, 0.25) is 0 Å². The van der Waals surface area contributed by atoms with Crippen molar-refractivity contribution in [1.82, 2.24) is 5.32 Å². The Labute approximate surface area is 116 Å². The van der Waals surface area contributed by atoms with E-state index in [0.717, 1.165) is 36.7 Å². The Morgan fingerprint density at radius 3 is 2.37 bits per heavy atom. The maximum absolute atomic E-state index is 5.53. The van der Waals surface area contributed by atoms with Crippen LogP contribution < -0.4 is 10.1 Å². The lowest BCUT2D eigenvalue weighted by Crippen LogP contribution is -2.27. The third-order valence-corrected chi connectivity index (χ3v) is 4.73. The van der Waals surface area contributed by atoms with E-state index in [0.29, 0.717) is 6.04 Å². The highest BCUT2D eigenvalue weighted by Gasteiger charge is 2.47. The summed E-state index contributed by atoms with van der Waals surface area (Å²) in [4.78, 5) is 0. The van der Waals surface area contributed by atoms with Gasteiger partial charge in [-0.1, -0.05) is 19.1 Å². The third kappa shape index (κ3) is 2.79. The minimum absolute atomic E-state index is 0.536. The molecule has 2 saturated carbocycles. The molecule has 0 radical (unpaired) electrons. The zero-order chi connectivity index (χ0) is 13.2. The maximum atomic E-state index is 5.53. The van der Waals surface area contributed by atoms with Gasteiger partial charge < -0.3 is 10.1 Å². The number of hydrogen-bond donors (Lipinski definition) is 1. The van der Waals surface area contributed by atoms with Crippen LogP contribution in [0, 0.1) is 17.8 Å². The van der Waals surface area contributed by atoms with Gasteiger partial charge in [-0.2, -0.15) is 0 Å². The molecule has 0 saturated heterocycles. The molecule has 0 heterocycles. The summed E-state index contributed by atoms with van der Waals surface area (Å²) in [5.41, 5.74) is 1.43. The first-order valence-corrected chi connectivity index (χ1v) is 7.78. The molecule has 0 aromatic heterocycles. The summed E-state index contributed by atoms with van der Waals surface area (Å²) < 4.78 is 5.53. The quantitative estimate of drug-likeness (QED) is 0.839. The zero-order valence-corrected chi connectivity index (χ0v) is 12.1. The van der Waals surface area contributed by atoms with Crippen LogP contribution in [0.15, 0.2) is 24.3 Å². The van der Waals surface area contributed by atoms with Crippen molar-refractivity contribution in [3.05, 3.63) is 29.8 Å². The first kappa shape index (κ1) is 13.0. The Kier molecular flexibility index (Phi) is 3.79. The van der Waals surface area contributed by atoms with Gasteiger partial charge in [0.2, 0.25) is 0 Å². The van der Waals surface area contributed by atoms with Crippen LogP contribution in [-0.4, -0.2) is 13.2 Å². The molecule has 0 bridgehead atoms. The van der Waals surface area contributed by atoms with Crippen molar-refractivity contribution in [1.29, 1.82) is 0 Å². The smallest absolute Gasteiger partial charge is 0.119 e. The topological polar surface area (TPSA) is 21.3 Å². The summed E-state index contributed by atoms with van der Waals surface area (Å²) >= 11 is 0. The second-order valence-electron chi connectivity index (χ2n) is 6.02. The molecular weight excluding hydrogens is 234 g/mol. The first-order chi connectivity index (χ1) is 9.31. The molecule has 3 atom stereocenters. The monoisotopic (exact) mass is 259 g/mol. The highest BCUT2D eigenvalue weighted by atomic mass is 16.5. The Hall–Kier alpha value is -1.02. The first-order valence-electron chi connectivity index (χ1n) is 7.78. The molecule has 0 amide bonds. The molecule has 0 aliphatic heterocycles. The van der Waals surface area contributed by atoms with Crippen LogP contribution in [0.3, 0.4) is 0 Å². The van der Waals surface area contributed by atoms with E-state index in [-0.39, 0.29) is 0 Å². The zero-order valence-electron chi connectivity index (χ0n) is 12.1. The molecule has 2 nitrogen and oxygen atoms in total. The molecule has 0 spiro atoms. The van der Waals surface area contributed by atoms with E-state index in [9.17, 15) is 0 Å². The second-order valence-corrected chi connectivity index (χ2v) is 6.02. The molecule has 19 heavy (non-hydrogen) atoms. The van der Waals surface area contributed by atoms with E-state index in [4.69, 9.17) is 4.74 Å². The van der Waals surface area contributed by atoms with Crippen molar-refractivity contribution in [3.8, 4) is 5.75 Å². The Morgan fingerprint density at radius 1 is 1.11 bits per heavy atom. The lowest BCUT2D eigenvalue weighted by atomic mass is 9.89. The van der Waals surface area contributed by atoms with E-state index in [1.807, 2.05) is 6.92 Å². The van der Waals surface area contributed by atoms with Crippen molar-refractivity contribution < 1.29 is 4.74 Å². The fourth-order valence-electron chi connectivity index (χ4n) is 3.75. The van der Waals surface area contributed by atoms with Gasteiger partial charge in [-0.05, 0) is 68.2 Å². The van der Waals surface area contributed by atoms with Gasteiger partial charge in [-0.25, -0.2) is 0 Å². The number of hydrogen-bond acceptors (Lipinski definition) is 2. The van der Waals surface area contributed by atoms with Crippen LogP contribution in [0.1, 0.15) is 44.7 Å². The van der Waals surface area contributed by atoms with Gasteiger partial charge in [0.15, 0.2) is 0 Å². The van der Waals surface area contributed by atoms with E-state index in [2.05, 4.69) is 36.5 Å². The predicted molar refractivity (Wildman–Crippen MR) is 78.3 cm³/mol. The van der Waals surface area contributed by atoms with Crippen LogP contribution in [0.4, 0.5) is 0 Å². The lowest BCUT2D eigenvalue weighted by molar-refractivity contribution is 0.336. The highest BCUT2D eigenvalue weighted by Crippen LogP contribution is 2.57. The largest absolute Gasteiger partial charge is 0.494 e. The van der Waals surface area contributed by atoms with E-state index in [1.54, 1.807) is 0 Å². The Morgan fingerprint density at radius 2 is 1.79 bits per heavy atom. The molecular formula is C17H25NO. The van der Waals surface area contributed by atoms with Crippen LogP contribution in [0.5, 0.6) is 5.75 Å². The molecule has 2 fully saturated rings. The number of fused-ring (bicyclic) bond motifs is 1. The molecule has 104 valence electrons. The molecule has 1 aromatic carbocycles. The normalized spacial score (nSPS) is 29.9. The van der Waals surface area contributed by atoms with Gasteiger partial charge in [0.05, 0.1) is 6.61 Å². The molecule has 2 aliphatic rings. The van der Waals surface area contributed by atoms with Crippen LogP contribution >= 0.6 is 0 Å². The van der Waals surface area contributed by atoms with Crippen LogP contribution in [0.25, 0.3) is 0 Å². The predicted octanol–water partition coefficient (Wildman–Crippen LogP) is 3.78. The third-order valence-electron chi connectivity index (χ3n) is 4.73. The second kappa shape index (κ2) is 5.54. The van der Waals surface area contributed by atoms with Crippen molar-refractivity contribution >= 4 is 0 Å². The summed E-state index contributed by atoms with van der Waals surface area (Å²) in [5.74, 6) is 3.92.